The SMILES string of the molecule is CC(C)(Cc1ccccc1C1CCNCC1)Nc1ncnc(N2CCOCC2)n1. The minimum Gasteiger partial charge on any atom is -0.378 e. The van der Waals surface area contributed by atoms with E-state index in [1.165, 1.54) is 24.0 Å². The van der Waals surface area contributed by atoms with Gasteiger partial charge in [-0.15, -0.1) is 0 Å². The van der Waals surface area contributed by atoms with Gasteiger partial charge in [0.05, 0.1) is 13.2 Å². The van der Waals surface area contributed by atoms with Crippen LogP contribution in [0.2, 0.25) is 0 Å². The molecule has 7 nitrogen and oxygen atoms in total. The third-order valence-electron chi connectivity index (χ3n) is 5.77. The summed E-state index contributed by atoms with van der Waals surface area (Å²) in [5.74, 6) is 2.00. The van der Waals surface area contributed by atoms with Gasteiger partial charge in [-0.3, -0.25) is 0 Å². The number of rotatable bonds is 6. The van der Waals surface area contributed by atoms with E-state index in [1.54, 1.807) is 6.33 Å². The molecule has 1 aromatic carbocycles. The van der Waals surface area contributed by atoms with Crippen LogP contribution in [-0.2, 0) is 11.2 Å². The fraction of sp³-hybridized carbons (Fsp3) is 0.591. The third kappa shape index (κ3) is 5.22. The van der Waals surface area contributed by atoms with Gasteiger partial charge in [0.15, 0.2) is 0 Å². The maximum Gasteiger partial charge on any atom is 0.230 e. The minimum absolute atomic E-state index is 0.174. The average Bonchev–Trinajstić information content (AvgIpc) is 2.75. The van der Waals surface area contributed by atoms with Crippen molar-refractivity contribution < 1.29 is 4.74 Å². The molecule has 0 saturated carbocycles. The van der Waals surface area contributed by atoms with E-state index in [0.29, 0.717) is 25.1 Å². The summed E-state index contributed by atoms with van der Waals surface area (Å²) < 4.78 is 5.43. The van der Waals surface area contributed by atoms with E-state index in [4.69, 9.17) is 4.74 Å². The van der Waals surface area contributed by atoms with Crippen molar-refractivity contribution in [3.05, 3.63) is 41.7 Å². The van der Waals surface area contributed by atoms with Gasteiger partial charge < -0.3 is 20.3 Å². The highest BCUT2D eigenvalue weighted by molar-refractivity contribution is 5.39. The molecule has 2 aromatic rings. The van der Waals surface area contributed by atoms with Gasteiger partial charge in [-0.25, -0.2) is 9.97 Å². The summed E-state index contributed by atoms with van der Waals surface area (Å²) in [5.41, 5.74) is 2.74. The van der Waals surface area contributed by atoms with Crippen LogP contribution in [0.5, 0.6) is 0 Å². The molecule has 2 aliphatic heterocycles. The zero-order valence-corrected chi connectivity index (χ0v) is 17.5. The summed E-state index contributed by atoms with van der Waals surface area (Å²) in [4.78, 5) is 15.5. The second kappa shape index (κ2) is 9.05. The fourth-order valence-electron chi connectivity index (χ4n) is 4.31. The van der Waals surface area contributed by atoms with E-state index >= 15 is 0 Å². The first-order valence-electron chi connectivity index (χ1n) is 10.7. The molecule has 2 N–H and O–H groups in total. The molecule has 0 aliphatic carbocycles. The number of benzene rings is 1. The van der Waals surface area contributed by atoms with Crippen molar-refractivity contribution in [1.29, 1.82) is 0 Å². The van der Waals surface area contributed by atoms with Gasteiger partial charge in [0, 0.05) is 18.6 Å². The van der Waals surface area contributed by atoms with Gasteiger partial charge in [-0.1, -0.05) is 24.3 Å². The van der Waals surface area contributed by atoms with Crippen molar-refractivity contribution in [3.8, 4) is 0 Å². The van der Waals surface area contributed by atoms with Crippen molar-refractivity contribution in [3.63, 3.8) is 0 Å². The van der Waals surface area contributed by atoms with Crippen LogP contribution in [0.25, 0.3) is 0 Å². The van der Waals surface area contributed by atoms with Crippen LogP contribution < -0.4 is 15.5 Å². The highest BCUT2D eigenvalue weighted by atomic mass is 16.5. The predicted octanol–water partition coefficient (Wildman–Crippen LogP) is 2.61. The Labute approximate surface area is 173 Å². The summed E-state index contributed by atoms with van der Waals surface area (Å²) >= 11 is 0. The van der Waals surface area contributed by atoms with Gasteiger partial charge in [-0.05, 0) is 63.2 Å². The molecule has 2 fully saturated rings. The van der Waals surface area contributed by atoms with E-state index in [1.807, 2.05) is 0 Å². The van der Waals surface area contributed by atoms with E-state index in [2.05, 4.69) is 68.6 Å². The van der Waals surface area contributed by atoms with E-state index in [9.17, 15) is 0 Å². The van der Waals surface area contributed by atoms with Crippen molar-refractivity contribution in [1.82, 2.24) is 20.3 Å². The minimum atomic E-state index is -0.174. The highest BCUT2D eigenvalue weighted by Crippen LogP contribution is 2.30. The zero-order chi connectivity index (χ0) is 20.1. The number of anilines is 2. The molecule has 4 rings (SSSR count). The monoisotopic (exact) mass is 396 g/mol. The fourth-order valence-corrected chi connectivity index (χ4v) is 4.31. The number of hydrogen-bond acceptors (Lipinski definition) is 7. The lowest BCUT2D eigenvalue weighted by Crippen LogP contribution is -2.38. The van der Waals surface area contributed by atoms with E-state index < -0.39 is 0 Å². The molecule has 1 aromatic heterocycles. The molecule has 3 heterocycles. The second-order valence-corrected chi connectivity index (χ2v) is 8.62. The quantitative estimate of drug-likeness (QED) is 0.777. The van der Waals surface area contributed by atoms with E-state index in [-0.39, 0.29) is 5.54 Å². The first-order valence-corrected chi connectivity index (χ1v) is 10.7. The Balaban J connectivity index is 1.47. The average molecular weight is 397 g/mol. The smallest absolute Gasteiger partial charge is 0.230 e. The van der Waals surface area contributed by atoms with Gasteiger partial charge in [-0.2, -0.15) is 4.98 Å². The number of aromatic nitrogens is 3. The van der Waals surface area contributed by atoms with Crippen molar-refractivity contribution in [2.75, 3.05) is 49.6 Å². The van der Waals surface area contributed by atoms with Crippen LogP contribution in [0.4, 0.5) is 11.9 Å². The number of piperidine rings is 1. The summed E-state index contributed by atoms with van der Waals surface area (Å²) in [7, 11) is 0. The molecule has 0 radical (unpaired) electrons. The van der Waals surface area contributed by atoms with Crippen molar-refractivity contribution >= 4 is 11.9 Å². The number of ether oxygens (including phenoxy) is 1. The standard InChI is InChI=1S/C22H32N6O/c1-22(2,15-18-5-3-4-6-19(18)17-7-9-23-10-8-17)27-20-24-16-25-21(26-20)28-11-13-29-14-12-28/h3-6,16-17,23H,7-15H2,1-2H3,(H,24,25,26,27). The molecule has 0 bridgehead atoms. The number of nitrogens with one attached hydrogen (secondary N) is 2. The Morgan fingerprint density at radius 3 is 2.69 bits per heavy atom. The number of nitrogens with zero attached hydrogens (tertiary/aromatic N) is 4. The Bertz CT molecular complexity index is 799. The highest BCUT2D eigenvalue weighted by Gasteiger charge is 2.25. The lowest BCUT2D eigenvalue weighted by Gasteiger charge is -2.31. The topological polar surface area (TPSA) is 75.2 Å². The van der Waals surface area contributed by atoms with Crippen LogP contribution in [0, 0.1) is 0 Å². The third-order valence-corrected chi connectivity index (χ3v) is 5.77. The van der Waals surface area contributed by atoms with Crippen LogP contribution in [0.3, 0.4) is 0 Å². The summed E-state index contributed by atoms with van der Waals surface area (Å²) in [6.45, 7) is 9.70. The lowest BCUT2D eigenvalue weighted by molar-refractivity contribution is 0.122. The Morgan fingerprint density at radius 2 is 1.90 bits per heavy atom. The Hall–Kier alpha value is -2.25. The maximum atomic E-state index is 5.43. The van der Waals surface area contributed by atoms with Crippen molar-refractivity contribution in [2.45, 2.75) is 44.6 Å². The van der Waals surface area contributed by atoms with Crippen LogP contribution in [-0.4, -0.2) is 59.9 Å². The van der Waals surface area contributed by atoms with Crippen LogP contribution in [0.15, 0.2) is 30.6 Å². The molecule has 7 heteroatoms. The summed E-state index contributed by atoms with van der Waals surface area (Å²) in [6, 6.07) is 8.89. The molecular weight excluding hydrogens is 364 g/mol. The maximum absolute atomic E-state index is 5.43. The Morgan fingerprint density at radius 1 is 1.14 bits per heavy atom. The zero-order valence-electron chi connectivity index (χ0n) is 17.5. The predicted molar refractivity (Wildman–Crippen MR) is 116 cm³/mol. The molecule has 2 saturated heterocycles. The molecule has 0 atom stereocenters. The molecule has 0 spiro atoms. The van der Waals surface area contributed by atoms with Gasteiger partial charge in [0.1, 0.15) is 6.33 Å². The van der Waals surface area contributed by atoms with Gasteiger partial charge in [0.2, 0.25) is 11.9 Å². The molecule has 2 aliphatic rings. The van der Waals surface area contributed by atoms with E-state index in [0.717, 1.165) is 38.5 Å². The van der Waals surface area contributed by atoms with Gasteiger partial charge in [0.25, 0.3) is 0 Å². The van der Waals surface area contributed by atoms with Gasteiger partial charge >= 0.3 is 0 Å². The Kier molecular flexibility index (Phi) is 6.25. The summed E-state index contributed by atoms with van der Waals surface area (Å²) in [6.07, 6.45) is 4.94. The van der Waals surface area contributed by atoms with Crippen LogP contribution >= 0.6 is 0 Å². The van der Waals surface area contributed by atoms with Crippen LogP contribution in [0.1, 0.15) is 43.7 Å². The largest absolute Gasteiger partial charge is 0.378 e. The first-order chi connectivity index (χ1) is 14.1. The normalized spacial score (nSPS) is 18.6. The number of hydrogen-bond donors (Lipinski definition) is 2. The molecule has 0 unspecified atom stereocenters. The molecular formula is C22H32N6O. The number of morpholine rings is 1. The molecule has 156 valence electrons. The first kappa shape index (κ1) is 20.0. The van der Waals surface area contributed by atoms with Crippen molar-refractivity contribution in [2.24, 2.45) is 0 Å². The molecule has 0 amide bonds. The second-order valence-electron chi connectivity index (χ2n) is 8.62. The summed E-state index contributed by atoms with van der Waals surface area (Å²) in [5, 5.41) is 7.01. The molecule has 29 heavy (non-hydrogen) atoms. The lowest BCUT2D eigenvalue weighted by atomic mass is 9.83.